The fourth-order valence-corrected chi connectivity index (χ4v) is 0. The third kappa shape index (κ3) is 8.08. The summed E-state index contributed by atoms with van der Waals surface area (Å²) in [5.74, 6) is 0. The van der Waals surface area contributed by atoms with Crippen LogP contribution in [0, 0.1) is 0 Å². The van der Waals surface area contributed by atoms with Gasteiger partial charge in [-0.15, -0.1) is 0 Å². The Hall–Kier alpha value is 0.177. The van der Waals surface area contributed by atoms with Crippen LogP contribution in [0.15, 0.2) is 0 Å². The van der Waals surface area contributed by atoms with Crippen molar-refractivity contribution in [3.63, 3.8) is 0 Å². The number of hydrogen-bond acceptors (Lipinski definition) is 1. The topological polar surface area (TPSA) is 20.2 Å². The summed E-state index contributed by atoms with van der Waals surface area (Å²) < 4.78 is 0. The molecule has 0 saturated heterocycles. The van der Waals surface area contributed by atoms with E-state index in [1.807, 2.05) is 13.1 Å². The minimum absolute atomic E-state index is 0.132. The molecule has 0 amide bonds. The van der Waals surface area contributed by atoms with Crippen LogP contribution in [-0.4, -0.2) is 13.1 Å². The van der Waals surface area contributed by atoms with Gasteiger partial charge < -0.3 is 4.80 Å². The van der Waals surface area contributed by atoms with Crippen LogP contribution >= 0.6 is 0 Å². The molecule has 0 heterocycles. The van der Waals surface area contributed by atoms with Gasteiger partial charge in [0.2, 0.25) is 0 Å². The van der Waals surface area contributed by atoms with Crippen LogP contribution < -0.4 is 0 Å². The first kappa shape index (κ1) is 13.7. The van der Waals surface area contributed by atoms with Crippen LogP contribution in [0.3, 0.4) is 0 Å². The van der Waals surface area contributed by atoms with E-state index in [1.54, 1.807) is 0 Å². The predicted molar refractivity (Wildman–Crippen MR) is 55.4 cm³/mol. The van der Waals surface area contributed by atoms with Crippen LogP contribution in [0.5, 0.6) is 0 Å². The van der Waals surface area contributed by atoms with E-state index in [2.05, 4.69) is 34.6 Å². The Morgan fingerprint density at radius 2 is 1.18 bits per heavy atom. The molecule has 0 bridgehead atoms. The molecule has 0 aromatic carbocycles. The maximum absolute atomic E-state index is 9.49. The lowest BCUT2D eigenvalue weighted by atomic mass is 10.2. The normalized spacial score (nSPS) is 12.0. The summed E-state index contributed by atoms with van der Waals surface area (Å²) in [4.78, 5) is 9.49. The summed E-state index contributed by atoms with van der Waals surface area (Å²) in [5.41, 5.74) is 0. The van der Waals surface area contributed by atoms with Gasteiger partial charge in [-0.3, -0.25) is 0 Å². The molecule has 70 valence electrons. The second-order valence-corrected chi connectivity index (χ2v) is 9.13. The molecule has 0 rings (SSSR count). The molecule has 0 spiro atoms. The van der Waals surface area contributed by atoms with Crippen molar-refractivity contribution in [2.45, 2.75) is 59.2 Å². The molecule has 0 radical (unpaired) electrons. The molecule has 0 atom stereocenters. The first-order valence-corrected chi connectivity index (χ1v) is 7.34. The molecule has 0 unspecified atom stereocenters. The molecule has 2 heteroatoms. The summed E-state index contributed by atoms with van der Waals surface area (Å²) in [6, 6.07) is 0. The second-order valence-electron chi connectivity index (χ2n) is 4.52. The highest BCUT2D eigenvalue weighted by Gasteiger charge is 2.32. The van der Waals surface area contributed by atoms with Gasteiger partial charge in [-0.2, -0.15) is 0 Å². The minimum Gasteiger partial charge on any atom is -0.432 e. The fourth-order valence-electron chi connectivity index (χ4n) is 0. The summed E-state index contributed by atoms with van der Waals surface area (Å²) in [5, 5.41) is 0.132. The van der Waals surface area contributed by atoms with Crippen LogP contribution in [-0.2, 0) is 0 Å². The van der Waals surface area contributed by atoms with Gasteiger partial charge in [0.25, 0.3) is 0 Å². The third-order valence-electron chi connectivity index (χ3n) is 1.84. The fraction of sp³-hybridized carbons (Fsp3) is 1.00. The van der Waals surface area contributed by atoms with E-state index in [0.29, 0.717) is 0 Å². The average Bonchev–Trinajstić information content (AvgIpc) is 1.60. The molecule has 11 heavy (non-hydrogen) atoms. The Labute approximate surface area is 73.0 Å². The third-order valence-corrected chi connectivity index (χ3v) is 5.51. The Bertz CT molecular complexity index is 74.7. The quantitative estimate of drug-likeness (QED) is 0.561. The van der Waals surface area contributed by atoms with Crippen molar-refractivity contribution in [2.75, 3.05) is 0 Å². The number of rotatable bonds is 0. The van der Waals surface area contributed by atoms with Crippen molar-refractivity contribution >= 4 is 8.32 Å². The van der Waals surface area contributed by atoms with E-state index < -0.39 is 8.32 Å². The van der Waals surface area contributed by atoms with E-state index in [1.165, 1.54) is 6.42 Å². The van der Waals surface area contributed by atoms with E-state index >= 15 is 0 Å². The first-order valence-electron chi connectivity index (χ1n) is 4.39. The van der Waals surface area contributed by atoms with Gasteiger partial charge in [-0.05, 0) is 18.1 Å². The van der Waals surface area contributed by atoms with Gasteiger partial charge in [0, 0.05) is 0 Å². The zero-order valence-corrected chi connectivity index (χ0v) is 10.2. The van der Waals surface area contributed by atoms with E-state index in [-0.39, 0.29) is 5.04 Å². The zero-order valence-electron chi connectivity index (χ0n) is 9.15. The summed E-state index contributed by atoms with van der Waals surface area (Å²) in [7, 11) is -1.86. The van der Waals surface area contributed by atoms with Gasteiger partial charge >= 0.3 is 0 Å². The molecule has 1 N–H and O–H groups in total. The molecular weight excluding hydrogens is 152 g/mol. The van der Waals surface area contributed by atoms with Gasteiger partial charge in [-0.1, -0.05) is 41.0 Å². The van der Waals surface area contributed by atoms with Gasteiger partial charge in [0.1, 0.15) is 0 Å². The Morgan fingerprint density at radius 1 is 1.09 bits per heavy atom. The van der Waals surface area contributed by atoms with Crippen molar-refractivity contribution in [1.29, 1.82) is 0 Å². The molecule has 0 aliphatic carbocycles. The summed E-state index contributed by atoms with van der Waals surface area (Å²) in [6.07, 6.45) is 1.25. The van der Waals surface area contributed by atoms with Crippen molar-refractivity contribution < 1.29 is 4.80 Å². The SMILES string of the molecule is CC(C)(C)[Si](C)(C)O.CCC. The van der Waals surface area contributed by atoms with E-state index in [4.69, 9.17) is 0 Å². The highest BCUT2D eigenvalue weighted by Crippen LogP contribution is 2.33. The molecule has 0 aromatic rings. The van der Waals surface area contributed by atoms with Crippen molar-refractivity contribution in [2.24, 2.45) is 0 Å². The lowest BCUT2D eigenvalue weighted by Gasteiger charge is -2.30. The van der Waals surface area contributed by atoms with Crippen LogP contribution in [0.2, 0.25) is 18.1 Å². The van der Waals surface area contributed by atoms with Crippen LogP contribution in [0.4, 0.5) is 0 Å². The van der Waals surface area contributed by atoms with Crippen molar-refractivity contribution in [1.82, 2.24) is 0 Å². The van der Waals surface area contributed by atoms with Crippen LogP contribution in [0.25, 0.3) is 0 Å². The molecule has 0 aliphatic rings. The maximum atomic E-state index is 9.49. The standard InChI is InChI=1S/C6H16OSi.C3H8/c1-6(2,3)8(4,5)7;1-3-2/h7H,1-5H3;3H2,1-2H3. The second kappa shape index (κ2) is 4.94. The Balaban J connectivity index is 0. The molecule has 1 nitrogen and oxygen atoms in total. The van der Waals surface area contributed by atoms with Crippen molar-refractivity contribution in [3.8, 4) is 0 Å². The monoisotopic (exact) mass is 176 g/mol. The lowest BCUT2D eigenvalue weighted by molar-refractivity contribution is 0.487. The molecule has 0 aromatic heterocycles. The lowest BCUT2D eigenvalue weighted by Crippen LogP contribution is -2.36. The van der Waals surface area contributed by atoms with E-state index in [0.717, 1.165) is 0 Å². The highest BCUT2D eigenvalue weighted by molar-refractivity contribution is 6.72. The largest absolute Gasteiger partial charge is 0.432 e. The maximum Gasteiger partial charge on any atom is 0.187 e. The number of hydrogen-bond donors (Lipinski definition) is 1. The highest BCUT2D eigenvalue weighted by atomic mass is 28.4. The van der Waals surface area contributed by atoms with E-state index in [9.17, 15) is 4.80 Å². The smallest absolute Gasteiger partial charge is 0.187 e. The molecule has 0 aliphatic heterocycles. The van der Waals surface area contributed by atoms with Gasteiger partial charge in [0.05, 0.1) is 0 Å². The predicted octanol–water partition coefficient (Wildman–Crippen LogP) is 3.40. The molecule has 0 fully saturated rings. The molecular formula is C9H24OSi. The summed E-state index contributed by atoms with van der Waals surface area (Å²) >= 11 is 0. The van der Waals surface area contributed by atoms with Gasteiger partial charge in [0.15, 0.2) is 8.32 Å². The minimum atomic E-state index is -1.86. The summed E-state index contributed by atoms with van der Waals surface area (Å²) in [6.45, 7) is 14.4. The van der Waals surface area contributed by atoms with Crippen LogP contribution in [0.1, 0.15) is 41.0 Å². The van der Waals surface area contributed by atoms with Gasteiger partial charge in [-0.25, -0.2) is 0 Å². The van der Waals surface area contributed by atoms with Crippen molar-refractivity contribution in [3.05, 3.63) is 0 Å². The average molecular weight is 176 g/mol. The Morgan fingerprint density at radius 3 is 1.18 bits per heavy atom. The zero-order chi connectivity index (χ0) is 9.71. The first-order chi connectivity index (χ1) is 4.66. The Kier molecular flexibility index (Phi) is 6.17. The molecule has 0 saturated carbocycles.